The fourth-order valence-electron chi connectivity index (χ4n) is 4.25. The Labute approximate surface area is 170 Å². The Balaban J connectivity index is 1.17. The molecule has 146 valence electrons. The van der Waals surface area contributed by atoms with E-state index < -0.39 is 0 Å². The number of carbonyl (C=O) groups is 1. The smallest absolute Gasteiger partial charge is 0.260 e. The molecule has 4 nitrogen and oxygen atoms in total. The Bertz CT molecular complexity index is 1120. The number of nitrogens with one attached hydrogen (secondary N) is 1. The molecule has 1 aromatic heterocycles. The van der Waals surface area contributed by atoms with E-state index >= 15 is 0 Å². The number of likely N-dealkylation sites (tertiary alicyclic amines) is 1. The van der Waals surface area contributed by atoms with Gasteiger partial charge in [-0.25, -0.2) is 0 Å². The number of carbonyl (C=O) groups excluding carboxylic acids is 1. The van der Waals surface area contributed by atoms with Gasteiger partial charge >= 0.3 is 0 Å². The van der Waals surface area contributed by atoms with Gasteiger partial charge in [0.2, 0.25) is 0 Å². The highest BCUT2D eigenvalue weighted by molar-refractivity contribution is 5.84. The number of hydrogen-bond donors (Lipinski definition) is 1. The van der Waals surface area contributed by atoms with E-state index in [-0.39, 0.29) is 12.5 Å². The van der Waals surface area contributed by atoms with Gasteiger partial charge in [0, 0.05) is 30.2 Å². The summed E-state index contributed by atoms with van der Waals surface area (Å²) in [5.74, 6) is 1.28. The van der Waals surface area contributed by atoms with Crippen LogP contribution in [0, 0.1) is 0 Å². The number of benzene rings is 3. The Morgan fingerprint density at radius 3 is 2.41 bits per heavy atom. The van der Waals surface area contributed by atoms with Gasteiger partial charge in [-0.3, -0.25) is 4.79 Å². The number of hydrogen-bond acceptors (Lipinski definition) is 2. The second kappa shape index (κ2) is 7.63. The van der Waals surface area contributed by atoms with E-state index in [4.69, 9.17) is 4.74 Å². The Morgan fingerprint density at radius 1 is 0.897 bits per heavy atom. The number of piperidine rings is 1. The number of amides is 1. The van der Waals surface area contributed by atoms with Crippen molar-refractivity contribution in [2.75, 3.05) is 19.7 Å². The molecule has 1 aliphatic rings. The second-order valence-corrected chi connectivity index (χ2v) is 7.76. The average Bonchev–Trinajstić information content (AvgIpc) is 3.22. The van der Waals surface area contributed by atoms with Crippen LogP contribution in [0.4, 0.5) is 0 Å². The molecule has 0 aliphatic carbocycles. The van der Waals surface area contributed by atoms with Crippen molar-refractivity contribution in [2.45, 2.75) is 18.8 Å². The summed E-state index contributed by atoms with van der Waals surface area (Å²) in [5, 5.41) is 3.55. The molecule has 0 saturated carbocycles. The summed E-state index contributed by atoms with van der Waals surface area (Å²) in [4.78, 5) is 18.1. The summed E-state index contributed by atoms with van der Waals surface area (Å²) >= 11 is 0. The van der Waals surface area contributed by atoms with Crippen molar-refractivity contribution >= 4 is 27.6 Å². The van der Waals surface area contributed by atoms with Gasteiger partial charge in [-0.05, 0) is 53.3 Å². The third-order valence-electron chi connectivity index (χ3n) is 5.92. The van der Waals surface area contributed by atoms with Crippen LogP contribution in [0.5, 0.6) is 5.75 Å². The zero-order valence-electron chi connectivity index (χ0n) is 16.3. The predicted octanol–water partition coefficient (Wildman–Crippen LogP) is 5.11. The van der Waals surface area contributed by atoms with Crippen LogP contribution in [0.1, 0.15) is 24.5 Å². The molecular weight excluding hydrogens is 360 g/mol. The topological polar surface area (TPSA) is 45.3 Å². The third kappa shape index (κ3) is 3.70. The molecule has 0 atom stereocenters. The van der Waals surface area contributed by atoms with Gasteiger partial charge in [0.25, 0.3) is 5.91 Å². The molecule has 1 N–H and O–H groups in total. The maximum atomic E-state index is 12.6. The number of fused-ring (bicyclic) bond motifs is 2. The summed E-state index contributed by atoms with van der Waals surface area (Å²) < 4.78 is 5.78. The zero-order chi connectivity index (χ0) is 19.6. The van der Waals surface area contributed by atoms with Gasteiger partial charge in [0.1, 0.15) is 5.75 Å². The Morgan fingerprint density at radius 2 is 1.62 bits per heavy atom. The van der Waals surface area contributed by atoms with Crippen molar-refractivity contribution in [1.29, 1.82) is 0 Å². The predicted molar refractivity (Wildman–Crippen MR) is 116 cm³/mol. The number of nitrogens with zero attached hydrogens (tertiary/aromatic N) is 1. The molecule has 0 radical (unpaired) electrons. The van der Waals surface area contributed by atoms with E-state index in [2.05, 4.69) is 47.4 Å². The van der Waals surface area contributed by atoms with E-state index in [0.717, 1.165) is 37.1 Å². The first kappa shape index (κ1) is 17.8. The minimum Gasteiger partial charge on any atom is -0.484 e. The standard InChI is InChI=1S/C25H24N2O2/c28-25(17-29-22-10-9-18-5-1-2-6-20(18)15-22)27-13-11-19(12-14-27)24-16-21-7-3-4-8-23(21)26-24/h1-10,15-16,19,26H,11-14,17H2. The first-order chi connectivity index (χ1) is 14.3. The van der Waals surface area contributed by atoms with Gasteiger partial charge in [-0.1, -0.05) is 48.5 Å². The minimum absolute atomic E-state index is 0.0632. The number of aromatic amines is 1. The van der Waals surface area contributed by atoms with Gasteiger partial charge in [0.15, 0.2) is 6.61 Å². The first-order valence-electron chi connectivity index (χ1n) is 10.2. The van der Waals surface area contributed by atoms with Crippen LogP contribution in [-0.4, -0.2) is 35.5 Å². The SMILES string of the molecule is O=C(COc1ccc2ccccc2c1)N1CCC(c2cc3ccccc3[nH]2)CC1. The van der Waals surface area contributed by atoms with E-state index in [1.165, 1.54) is 22.0 Å². The van der Waals surface area contributed by atoms with Crippen molar-refractivity contribution < 1.29 is 9.53 Å². The number of rotatable bonds is 4. The number of H-pyrrole nitrogens is 1. The van der Waals surface area contributed by atoms with Gasteiger partial charge in [-0.2, -0.15) is 0 Å². The molecule has 4 aromatic rings. The monoisotopic (exact) mass is 384 g/mol. The highest BCUT2D eigenvalue weighted by atomic mass is 16.5. The number of para-hydroxylation sites is 1. The molecule has 4 heteroatoms. The van der Waals surface area contributed by atoms with E-state index in [9.17, 15) is 4.79 Å². The molecule has 5 rings (SSSR count). The highest BCUT2D eigenvalue weighted by Crippen LogP contribution is 2.30. The first-order valence-corrected chi connectivity index (χ1v) is 10.2. The summed E-state index contributed by atoms with van der Waals surface area (Å²) in [5.41, 5.74) is 2.47. The van der Waals surface area contributed by atoms with Crippen molar-refractivity contribution in [3.63, 3.8) is 0 Å². The fourth-order valence-corrected chi connectivity index (χ4v) is 4.25. The Hall–Kier alpha value is -3.27. The third-order valence-corrected chi connectivity index (χ3v) is 5.92. The normalized spacial score (nSPS) is 15.1. The lowest BCUT2D eigenvalue weighted by Crippen LogP contribution is -2.40. The Kier molecular flexibility index (Phi) is 4.68. The van der Waals surface area contributed by atoms with Crippen LogP contribution in [0.3, 0.4) is 0 Å². The summed E-state index contributed by atoms with van der Waals surface area (Å²) in [6.07, 6.45) is 1.96. The zero-order valence-corrected chi connectivity index (χ0v) is 16.3. The quantitative estimate of drug-likeness (QED) is 0.532. The lowest BCUT2D eigenvalue weighted by atomic mass is 9.93. The summed E-state index contributed by atoms with van der Waals surface area (Å²) in [6, 6.07) is 24.7. The van der Waals surface area contributed by atoms with E-state index in [0.29, 0.717) is 5.92 Å². The van der Waals surface area contributed by atoms with Crippen molar-refractivity contribution in [2.24, 2.45) is 0 Å². The molecule has 29 heavy (non-hydrogen) atoms. The lowest BCUT2D eigenvalue weighted by Gasteiger charge is -2.31. The fraction of sp³-hybridized carbons (Fsp3) is 0.240. The molecule has 1 fully saturated rings. The summed E-state index contributed by atoms with van der Waals surface area (Å²) in [6.45, 7) is 1.65. The number of ether oxygens (including phenoxy) is 1. The molecule has 0 unspecified atom stereocenters. The molecule has 2 heterocycles. The minimum atomic E-state index is 0.0632. The second-order valence-electron chi connectivity index (χ2n) is 7.76. The van der Waals surface area contributed by atoms with Crippen LogP contribution >= 0.6 is 0 Å². The molecule has 3 aromatic carbocycles. The van der Waals surface area contributed by atoms with E-state index in [1.54, 1.807) is 0 Å². The summed E-state index contributed by atoms with van der Waals surface area (Å²) in [7, 11) is 0. The van der Waals surface area contributed by atoms with Gasteiger partial charge in [0.05, 0.1) is 0 Å². The highest BCUT2D eigenvalue weighted by Gasteiger charge is 2.25. The van der Waals surface area contributed by atoms with Crippen LogP contribution in [-0.2, 0) is 4.79 Å². The maximum absolute atomic E-state index is 12.6. The lowest BCUT2D eigenvalue weighted by molar-refractivity contribution is -0.134. The van der Waals surface area contributed by atoms with Crippen LogP contribution in [0.15, 0.2) is 72.8 Å². The van der Waals surface area contributed by atoms with E-state index in [1.807, 2.05) is 35.2 Å². The molecule has 0 spiro atoms. The van der Waals surface area contributed by atoms with Crippen LogP contribution in [0.25, 0.3) is 21.7 Å². The van der Waals surface area contributed by atoms with Crippen molar-refractivity contribution in [3.8, 4) is 5.75 Å². The molecule has 1 saturated heterocycles. The van der Waals surface area contributed by atoms with Crippen molar-refractivity contribution in [1.82, 2.24) is 9.88 Å². The maximum Gasteiger partial charge on any atom is 0.260 e. The largest absolute Gasteiger partial charge is 0.484 e. The van der Waals surface area contributed by atoms with Gasteiger partial charge < -0.3 is 14.6 Å². The molecule has 1 amide bonds. The van der Waals surface area contributed by atoms with Gasteiger partial charge in [-0.15, -0.1) is 0 Å². The van der Waals surface area contributed by atoms with Crippen LogP contribution in [0.2, 0.25) is 0 Å². The van der Waals surface area contributed by atoms with Crippen LogP contribution < -0.4 is 4.74 Å². The number of aromatic nitrogens is 1. The molecule has 0 bridgehead atoms. The molecule has 1 aliphatic heterocycles. The van der Waals surface area contributed by atoms with Crippen molar-refractivity contribution in [3.05, 3.63) is 78.5 Å². The molecular formula is C25H24N2O2. The average molecular weight is 384 g/mol.